The summed E-state index contributed by atoms with van der Waals surface area (Å²) in [6, 6.07) is 5.75. The van der Waals surface area contributed by atoms with Crippen LogP contribution in [0.2, 0.25) is 0 Å². The van der Waals surface area contributed by atoms with E-state index in [1.54, 1.807) is 4.90 Å². The van der Waals surface area contributed by atoms with Crippen LogP contribution >= 0.6 is 0 Å². The maximum Gasteiger partial charge on any atom is 0.243 e. The molecule has 3 heteroatoms. The summed E-state index contributed by atoms with van der Waals surface area (Å²) >= 11 is 0. The lowest BCUT2D eigenvalue weighted by Crippen LogP contribution is -2.42. The van der Waals surface area contributed by atoms with Gasteiger partial charge in [-0.3, -0.25) is 4.79 Å². The molecule has 0 aromatic heterocycles. The second-order valence-electron chi connectivity index (χ2n) is 5.47. The van der Waals surface area contributed by atoms with Crippen molar-refractivity contribution in [3.8, 4) is 0 Å². The van der Waals surface area contributed by atoms with E-state index in [0.717, 1.165) is 17.7 Å². The van der Waals surface area contributed by atoms with Crippen molar-refractivity contribution in [2.45, 2.75) is 39.2 Å². The van der Waals surface area contributed by atoms with Crippen LogP contribution in [0.25, 0.3) is 0 Å². The van der Waals surface area contributed by atoms with Crippen molar-refractivity contribution in [1.82, 2.24) is 0 Å². The van der Waals surface area contributed by atoms with E-state index >= 15 is 0 Å². The van der Waals surface area contributed by atoms with E-state index in [1.165, 1.54) is 18.4 Å². The van der Waals surface area contributed by atoms with E-state index in [2.05, 4.69) is 13.0 Å². The average Bonchev–Trinajstić information content (AvgIpc) is 3.11. The number of hydrogen-bond donors (Lipinski definition) is 1. The third kappa shape index (κ3) is 2.91. The van der Waals surface area contributed by atoms with Crippen LogP contribution in [0, 0.1) is 19.8 Å². The van der Waals surface area contributed by atoms with Crippen molar-refractivity contribution in [2.75, 3.05) is 11.9 Å². The molecule has 0 bridgehead atoms. The minimum atomic E-state index is -0.358. The third-order valence-electron chi connectivity index (χ3n) is 3.65. The van der Waals surface area contributed by atoms with Gasteiger partial charge >= 0.3 is 0 Å². The molecule has 1 aliphatic carbocycles. The Morgan fingerprint density at radius 1 is 1.44 bits per heavy atom. The van der Waals surface area contributed by atoms with Crippen LogP contribution in [-0.4, -0.2) is 19.0 Å². The summed E-state index contributed by atoms with van der Waals surface area (Å²) in [5.41, 5.74) is 9.26. The molecule has 3 nitrogen and oxygen atoms in total. The van der Waals surface area contributed by atoms with Crippen LogP contribution in [0.1, 0.15) is 30.4 Å². The van der Waals surface area contributed by atoms with Crippen molar-refractivity contribution in [3.05, 3.63) is 29.3 Å². The van der Waals surface area contributed by atoms with Gasteiger partial charge in [-0.1, -0.05) is 30.5 Å². The topological polar surface area (TPSA) is 46.3 Å². The van der Waals surface area contributed by atoms with Crippen molar-refractivity contribution in [1.29, 1.82) is 0 Å². The van der Waals surface area contributed by atoms with Crippen LogP contribution < -0.4 is 10.6 Å². The number of carbonyl (C=O) groups is 1. The maximum absolute atomic E-state index is 12.2. The number of hydrogen-bond acceptors (Lipinski definition) is 2. The first-order valence-corrected chi connectivity index (χ1v) is 6.59. The summed E-state index contributed by atoms with van der Waals surface area (Å²) in [6.07, 6.45) is 3.29. The molecule has 2 N–H and O–H groups in total. The monoisotopic (exact) mass is 246 g/mol. The van der Waals surface area contributed by atoms with Crippen molar-refractivity contribution in [3.63, 3.8) is 0 Å². The zero-order valence-corrected chi connectivity index (χ0v) is 11.4. The molecule has 0 spiro atoms. The van der Waals surface area contributed by atoms with Gasteiger partial charge in [0.15, 0.2) is 0 Å². The lowest BCUT2D eigenvalue weighted by Gasteiger charge is -2.23. The SMILES string of the molecule is Cc1ccc(N(C)C(=O)C(N)CC2CC2)c(C)c1. The van der Waals surface area contributed by atoms with Crippen molar-refractivity contribution in [2.24, 2.45) is 11.7 Å². The van der Waals surface area contributed by atoms with Crippen LogP contribution in [-0.2, 0) is 4.79 Å². The average molecular weight is 246 g/mol. The highest BCUT2D eigenvalue weighted by Gasteiger charge is 2.29. The van der Waals surface area contributed by atoms with Gasteiger partial charge in [0, 0.05) is 12.7 Å². The summed E-state index contributed by atoms with van der Waals surface area (Å²) in [5, 5.41) is 0. The Kier molecular flexibility index (Phi) is 3.71. The van der Waals surface area contributed by atoms with Gasteiger partial charge in [-0.2, -0.15) is 0 Å². The summed E-state index contributed by atoms with van der Waals surface area (Å²) in [4.78, 5) is 13.9. The molecule has 1 aliphatic rings. The molecule has 0 radical (unpaired) electrons. The van der Waals surface area contributed by atoms with Gasteiger partial charge in [0.2, 0.25) is 5.91 Å². The maximum atomic E-state index is 12.2. The van der Waals surface area contributed by atoms with Crippen LogP contribution in [0.3, 0.4) is 0 Å². The molecule has 1 aromatic carbocycles. The molecule has 0 aliphatic heterocycles. The number of likely N-dealkylation sites (N-methyl/N-ethyl adjacent to an activating group) is 1. The van der Waals surface area contributed by atoms with E-state index < -0.39 is 0 Å². The van der Waals surface area contributed by atoms with Gasteiger partial charge in [-0.15, -0.1) is 0 Å². The second kappa shape index (κ2) is 5.11. The minimum Gasteiger partial charge on any atom is -0.320 e. The van der Waals surface area contributed by atoms with Gasteiger partial charge in [0.1, 0.15) is 0 Å². The molecule has 98 valence electrons. The largest absolute Gasteiger partial charge is 0.320 e. The first-order valence-electron chi connectivity index (χ1n) is 6.59. The number of nitrogens with two attached hydrogens (primary N) is 1. The molecule has 1 amide bonds. The number of rotatable bonds is 4. The zero-order chi connectivity index (χ0) is 13.3. The highest BCUT2D eigenvalue weighted by molar-refractivity contribution is 5.97. The Morgan fingerprint density at radius 3 is 2.67 bits per heavy atom. The fraction of sp³-hybridized carbons (Fsp3) is 0.533. The van der Waals surface area contributed by atoms with Gasteiger partial charge in [-0.25, -0.2) is 0 Å². The predicted octanol–water partition coefficient (Wildman–Crippen LogP) is 2.39. The third-order valence-corrected chi connectivity index (χ3v) is 3.65. The molecule has 1 saturated carbocycles. The molecule has 1 fully saturated rings. The fourth-order valence-electron chi connectivity index (χ4n) is 2.36. The summed E-state index contributed by atoms with van der Waals surface area (Å²) in [5.74, 6) is 0.699. The molecule has 1 aromatic rings. The first kappa shape index (κ1) is 13.1. The molecular formula is C15H22N2O. The van der Waals surface area contributed by atoms with Gasteiger partial charge < -0.3 is 10.6 Å². The van der Waals surface area contributed by atoms with E-state index in [1.807, 2.05) is 26.1 Å². The van der Waals surface area contributed by atoms with Crippen LogP contribution in [0.15, 0.2) is 18.2 Å². The quantitative estimate of drug-likeness (QED) is 0.886. The molecule has 1 atom stereocenters. The molecule has 0 heterocycles. The minimum absolute atomic E-state index is 0.0221. The Bertz CT molecular complexity index is 452. The van der Waals surface area contributed by atoms with Crippen LogP contribution in [0.5, 0.6) is 0 Å². The Balaban J connectivity index is 2.08. The summed E-state index contributed by atoms with van der Waals surface area (Å²) in [6.45, 7) is 4.08. The van der Waals surface area contributed by atoms with Crippen molar-refractivity contribution < 1.29 is 4.79 Å². The number of aryl methyl sites for hydroxylation is 2. The number of amides is 1. The Morgan fingerprint density at radius 2 is 2.11 bits per heavy atom. The number of anilines is 1. The normalized spacial score (nSPS) is 16.4. The lowest BCUT2D eigenvalue weighted by molar-refractivity contribution is -0.119. The van der Waals surface area contributed by atoms with Gasteiger partial charge in [-0.05, 0) is 37.8 Å². The summed E-state index contributed by atoms with van der Waals surface area (Å²) in [7, 11) is 1.81. The second-order valence-corrected chi connectivity index (χ2v) is 5.47. The van der Waals surface area contributed by atoms with E-state index in [-0.39, 0.29) is 11.9 Å². The number of carbonyl (C=O) groups excluding carboxylic acids is 1. The van der Waals surface area contributed by atoms with Crippen molar-refractivity contribution >= 4 is 11.6 Å². The number of nitrogens with zero attached hydrogens (tertiary/aromatic N) is 1. The Hall–Kier alpha value is -1.35. The predicted molar refractivity (Wildman–Crippen MR) is 74.6 cm³/mol. The summed E-state index contributed by atoms with van der Waals surface area (Å²) < 4.78 is 0. The van der Waals surface area contributed by atoms with Crippen LogP contribution in [0.4, 0.5) is 5.69 Å². The van der Waals surface area contributed by atoms with Gasteiger partial charge in [0.05, 0.1) is 6.04 Å². The highest BCUT2D eigenvalue weighted by Crippen LogP contribution is 2.33. The van der Waals surface area contributed by atoms with Gasteiger partial charge in [0.25, 0.3) is 0 Å². The molecule has 0 saturated heterocycles. The molecule has 2 rings (SSSR count). The fourth-order valence-corrected chi connectivity index (χ4v) is 2.36. The van der Waals surface area contributed by atoms with E-state index in [0.29, 0.717) is 5.92 Å². The standard InChI is InChI=1S/C15H22N2O/c1-10-4-7-14(11(2)8-10)17(3)15(18)13(16)9-12-5-6-12/h4,7-8,12-13H,5-6,9,16H2,1-3H3. The van der Waals surface area contributed by atoms with E-state index in [4.69, 9.17) is 5.73 Å². The zero-order valence-electron chi connectivity index (χ0n) is 11.4. The molecule has 1 unspecified atom stereocenters. The number of benzene rings is 1. The molecule has 18 heavy (non-hydrogen) atoms. The lowest BCUT2D eigenvalue weighted by atomic mass is 10.1. The van der Waals surface area contributed by atoms with E-state index in [9.17, 15) is 4.79 Å². The highest BCUT2D eigenvalue weighted by atomic mass is 16.2. The first-order chi connectivity index (χ1) is 8.49. The molecular weight excluding hydrogens is 224 g/mol. The Labute approximate surface area is 109 Å². The smallest absolute Gasteiger partial charge is 0.243 e.